The van der Waals surface area contributed by atoms with E-state index in [2.05, 4.69) is 82.8 Å². The van der Waals surface area contributed by atoms with Gasteiger partial charge in [0.2, 0.25) is 0 Å². The Hall–Kier alpha value is -1.26. The molecule has 4 aromatic rings. The van der Waals surface area contributed by atoms with Gasteiger partial charge in [0.15, 0.2) is 0 Å². The Balaban J connectivity index is 1.47. The zero-order valence-corrected chi connectivity index (χ0v) is 29.0. The van der Waals surface area contributed by atoms with Crippen LogP contribution in [0.4, 0.5) is 0 Å². The molecule has 8 heteroatoms. The van der Waals surface area contributed by atoms with E-state index < -0.39 is 0 Å². The average Bonchev–Trinajstić information content (AvgIpc) is 3.73. The summed E-state index contributed by atoms with van der Waals surface area (Å²) in [5.74, 6) is 0.564. The number of aryl methyl sites for hydroxylation is 1. The van der Waals surface area contributed by atoms with Crippen molar-refractivity contribution in [1.29, 1.82) is 0 Å². The van der Waals surface area contributed by atoms with Gasteiger partial charge in [-0.05, 0) is 61.1 Å². The van der Waals surface area contributed by atoms with Crippen LogP contribution in [0.1, 0.15) is 74.8 Å². The van der Waals surface area contributed by atoms with E-state index in [9.17, 15) is 0 Å². The number of fused-ring (bicyclic) bond motifs is 1. The Labute approximate surface area is 266 Å². The smallest absolute Gasteiger partial charge is 0.116 e. The van der Waals surface area contributed by atoms with Crippen molar-refractivity contribution >= 4 is 79.8 Å². The maximum absolute atomic E-state index is 6.14. The molecule has 1 aliphatic heterocycles. The molecule has 0 radical (unpaired) electrons. The van der Waals surface area contributed by atoms with E-state index in [0.717, 1.165) is 35.8 Å². The van der Waals surface area contributed by atoms with Gasteiger partial charge in [-0.3, -0.25) is 0 Å². The second kappa shape index (κ2) is 12.5. The molecule has 1 aliphatic rings. The highest BCUT2D eigenvalue weighted by molar-refractivity contribution is 7.83. The van der Waals surface area contributed by atoms with Gasteiger partial charge in [-0.25, -0.2) is 0 Å². The van der Waals surface area contributed by atoms with E-state index in [1.807, 2.05) is 45.3 Å². The summed E-state index contributed by atoms with van der Waals surface area (Å²) in [7, 11) is 0. The minimum atomic E-state index is 0.0338. The van der Waals surface area contributed by atoms with Crippen molar-refractivity contribution in [3.05, 3.63) is 57.3 Å². The largest absolute Gasteiger partial charge is 0.379 e. The highest BCUT2D eigenvalue weighted by Gasteiger charge is 2.40. The second-order valence-electron chi connectivity index (χ2n) is 11.2. The van der Waals surface area contributed by atoms with Crippen LogP contribution in [0.15, 0.2) is 36.4 Å². The third-order valence-electron chi connectivity index (χ3n) is 7.54. The minimum absolute atomic E-state index is 0.0338. The molecule has 40 heavy (non-hydrogen) atoms. The zero-order valence-electron chi connectivity index (χ0n) is 24.1. The van der Waals surface area contributed by atoms with E-state index in [-0.39, 0.29) is 5.41 Å². The Morgan fingerprint density at radius 2 is 1.40 bits per heavy atom. The van der Waals surface area contributed by atoms with E-state index in [1.54, 1.807) is 0 Å². The van der Waals surface area contributed by atoms with Gasteiger partial charge in [-0.1, -0.05) is 71.9 Å². The normalized spacial score (nSPS) is 14.4. The number of thiophene rings is 4. The molecule has 0 saturated carbocycles. The summed E-state index contributed by atoms with van der Waals surface area (Å²) < 4.78 is 6.00. The van der Waals surface area contributed by atoms with Gasteiger partial charge in [-0.15, -0.1) is 45.3 Å². The van der Waals surface area contributed by atoms with E-state index in [1.165, 1.54) is 50.1 Å². The maximum atomic E-state index is 6.14. The third-order valence-corrected chi connectivity index (χ3v) is 13.7. The summed E-state index contributed by atoms with van der Waals surface area (Å²) in [4.78, 5) is 14.4. The Kier molecular flexibility index (Phi) is 9.47. The first-order valence-electron chi connectivity index (χ1n) is 14.0. The van der Waals surface area contributed by atoms with Crippen LogP contribution in [-0.4, -0.2) is 34.6 Å². The Morgan fingerprint density at radius 3 is 2.00 bits per heavy atom. The molecule has 1 unspecified atom stereocenters. The molecule has 0 spiro atoms. The highest BCUT2D eigenvalue weighted by Crippen LogP contribution is 2.50. The zero-order chi connectivity index (χ0) is 28.6. The summed E-state index contributed by atoms with van der Waals surface area (Å²) in [6, 6.07) is 13.5. The van der Waals surface area contributed by atoms with Gasteiger partial charge in [0.25, 0.3) is 0 Å². The molecule has 4 aromatic heterocycles. The Morgan fingerprint density at radius 1 is 0.825 bits per heavy atom. The van der Waals surface area contributed by atoms with Crippen LogP contribution in [0.5, 0.6) is 0 Å². The molecule has 1 atom stereocenters. The Bertz CT molecular complexity index is 1520. The maximum Gasteiger partial charge on any atom is 0.116 e. The summed E-state index contributed by atoms with van der Waals surface area (Å²) in [5, 5.41) is 0. The molecule has 5 rings (SSSR count). The third kappa shape index (κ3) is 5.96. The minimum Gasteiger partial charge on any atom is -0.379 e. The van der Waals surface area contributed by atoms with Gasteiger partial charge >= 0.3 is 0 Å². The van der Waals surface area contributed by atoms with Gasteiger partial charge in [0, 0.05) is 58.4 Å². The highest BCUT2D eigenvalue weighted by atomic mass is 32.1. The molecule has 5 heterocycles. The van der Waals surface area contributed by atoms with Crippen molar-refractivity contribution in [1.82, 2.24) is 4.90 Å². The predicted octanol–water partition coefficient (Wildman–Crippen LogP) is 11.0. The van der Waals surface area contributed by atoms with Crippen molar-refractivity contribution in [3.8, 4) is 29.3 Å². The van der Waals surface area contributed by atoms with Crippen LogP contribution < -0.4 is 0 Å². The predicted molar refractivity (Wildman–Crippen MR) is 187 cm³/mol. The van der Waals surface area contributed by atoms with Crippen molar-refractivity contribution in [2.24, 2.45) is 5.92 Å². The second-order valence-corrected chi connectivity index (χ2v) is 16.5. The molecule has 0 saturated heterocycles. The van der Waals surface area contributed by atoms with Crippen molar-refractivity contribution in [3.63, 3.8) is 0 Å². The molecule has 0 aliphatic carbocycles. The molecular weight excluding hydrogens is 607 g/mol. The first kappa shape index (κ1) is 30.2. The lowest BCUT2D eigenvalue weighted by Crippen LogP contribution is -2.33. The SMILES string of the molecule is CCCC(C)(C)c1sc(-c2ccc(-c3ccc(-c4ccc(C)s4)s3)s2)c2c1C(=S)N(CCOCC(C)CC)C2=S. The molecule has 0 N–H and O–H groups in total. The summed E-state index contributed by atoms with van der Waals surface area (Å²) in [6.07, 6.45) is 3.37. The first-order chi connectivity index (χ1) is 19.1. The van der Waals surface area contributed by atoms with Crippen LogP contribution in [0.25, 0.3) is 29.3 Å². The molecule has 212 valence electrons. The van der Waals surface area contributed by atoms with Crippen molar-refractivity contribution in [2.45, 2.75) is 66.2 Å². The van der Waals surface area contributed by atoms with Crippen LogP contribution in [-0.2, 0) is 10.2 Å². The summed E-state index contributed by atoms with van der Waals surface area (Å²) >= 11 is 19.8. The lowest BCUT2D eigenvalue weighted by molar-refractivity contribution is 0.101. The fourth-order valence-corrected chi connectivity index (χ4v) is 10.7. The fraction of sp³-hybridized carbons (Fsp3) is 0.438. The van der Waals surface area contributed by atoms with Crippen molar-refractivity contribution in [2.75, 3.05) is 19.8 Å². The first-order valence-corrected chi connectivity index (χ1v) is 18.1. The van der Waals surface area contributed by atoms with E-state index in [4.69, 9.17) is 29.2 Å². The number of thiocarbonyl (C=S) groups is 2. The summed E-state index contributed by atoms with van der Waals surface area (Å²) in [5.41, 5.74) is 2.40. The molecule has 0 fully saturated rings. The van der Waals surface area contributed by atoms with Gasteiger partial charge in [0.1, 0.15) is 9.98 Å². The van der Waals surface area contributed by atoms with E-state index >= 15 is 0 Å². The van der Waals surface area contributed by atoms with Crippen molar-refractivity contribution < 1.29 is 4.74 Å². The van der Waals surface area contributed by atoms with Gasteiger partial charge in [0.05, 0.1) is 11.5 Å². The standard InChI is InChI=1S/C32H37NOS6/c1-7-15-32(5,6)29-27-26(30(35)33(31(27)36)16-17-34-18-19(3)8-2)28(40-29)25-14-13-24(39-25)23-12-11-22(38-23)21-10-9-20(4)37-21/h9-14,19H,7-8,15-18H2,1-6H3. The number of hydrogen-bond donors (Lipinski definition) is 0. The van der Waals surface area contributed by atoms with E-state index in [0.29, 0.717) is 19.1 Å². The lowest BCUT2D eigenvalue weighted by atomic mass is 9.84. The lowest BCUT2D eigenvalue weighted by Gasteiger charge is -2.25. The molecule has 0 amide bonds. The van der Waals surface area contributed by atoms with Gasteiger partial charge < -0.3 is 9.64 Å². The van der Waals surface area contributed by atoms with Gasteiger partial charge in [-0.2, -0.15) is 0 Å². The number of rotatable bonds is 12. The van der Waals surface area contributed by atoms with Crippen LogP contribution >= 0.6 is 69.8 Å². The number of ether oxygens (including phenoxy) is 1. The molecule has 0 bridgehead atoms. The topological polar surface area (TPSA) is 12.5 Å². The molecule has 0 aromatic carbocycles. The van der Waals surface area contributed by atoms with Crippen LogP contribution in [0.2, 0.25) is 0 Å². The summed E-state index contributed by atoms with van der Waals surface area (Å²) in [6.45, 7) is 15.7. The quantitative estimate of drug-likeness (QED) is 0.112. The average molecular weight is 644 g/mol. The monoisotopic (exact) mass is 643 g/mol. The number of hydrogen-bond acceptors (Lipinski definition) is 7. The molecule has 2 nitrogen and oxygen atoms in total. The van der Waals surface area contributed by atoms with Crippen LogP contribution in [0.3, 0.4) is 0 Å². The number of nitrogens with zero attached hydrogens (tertiary/aromatic N) is 1. The van der Waals surface area contributed by atoms with Crippen LogP contribution in [0, 0.1) is 12.8 Å². The fourth-order valence-electron chi connectivity index (χ4n) is 5.11. The molecular formula is C32H37NOS6.